The first-order valence-corrected chi connectivity index (χ1v) is 6.26. The number of hydrogen-bond acceptors (Lipinski definition) is 6. The molecule has 6 heteroatoms. The highest BCUT2D eigenvalue weighted by atomic mass is 16.7. The summed E-state index contributed by atoms with van der Waals surface area (Å²) in [6.07, 6.45) is 1.21. The van der Waals surface area contributed by atoms with Crippen molar-refractivity contribution >= 4 is 17.6 Å². The Hall–Kier alpha value is -2.81. The molecule has 0 radical (unpaired) electrons. The monoisotopic (exact) mass is 286 g/mol. The van der Waals surface area contributed by atoms with Crippen molar-refractivity contribution in [3.63, 3.8) is 0 Å². The van der Waals surface area contributed by atoms with Gasteiger partial charge in [0.15, 0.2) is 5.57 Å². The van der Waals surface area contributed by atoms with Crippen molar-refractivity contribution in [2.24, 2.45) is 0 Å². The number of nitrogens with zero attached hydrogens (tertiary/aromatic N) is 1. The molecule has 0 spiro atoms. The van der Waals surface area contributed by atoms with Gasteiger partial charge in [-0.15, -0.1) is 0 Å². The third-order valence-corrected chi connectivity index (χ3v) is 2.86. The van der Waals surface area contributed by atoms with E-state index in [2.05, 4.69) is 11.4 Å². The number of hydrogen-bond donors (Lipinski definition) is 1. The van der Waals surface area contributed by atoms with E-state index in [1.165, 1.54) is 20.0 Å². The van der Waals surface area contributed by atoms with Gasteiger partial charge in [0, 0.05) is 25.7 Å². The third kappa shape index (κ3) is 3.20. The smallest absolute Gasteiger partial charge is 0.350 e. The number of esters is 2. The minimum absolute atomic E-state index is 0.228. The van der Waals surface area contributed by atoms with Crippen molar-refractivity contribution in [2.45, 2.75) is 26.6 Å². The average molecular weight is 286 g/mol. The second-order valence-electron chi connectivity index (χ2n) is 5.02. The molecule has 0 unspecified atom stereocenters. The number of benzene rings is 1. The Balaban J connectivity index is 2.20. The van der Waals surface area contributed by atoms with E-state index in [0.717, 1.165) is 5.56 Å². The van der Waals surface area contributed by atoms with Crippen LogP contribution in [0.25, 0.3) is 0 Å². The van der Waals surface area contributed by atoms with Crippen LogP contribution in [0.4, 0.5) is 5.69 Å². The minimum Gasteiger partial charge on any atom is -0.419 e. The van der Waals surface area contributed by atoms with Crippen LogP contribution >= 0.6 is 0 Å². The zero-order valence-electron chi connectivity index (χ0n) is 11.9. The van der Waals surface area contributed by atoms with E-state index in [1.54, 1.807) is 18.2 Å². The first-order valence-electron chi connectivity index (χ1n) is 6.26. The predicted molar refractivity (Wildman–Crippen MR) is 73.9 cm³/mol. The molecule has 1 heterocycles. The lowest BCUT2D eigenvalue weighted by Gasteiger charge is -2.29. The molecule has 0 amide bonds. The summed E-state index contributed by atoms with van der Waals surface area (Å²) >= 11 is 0. The van der Waals surface area contributed by atoms with Gasteiger partial charge >= 0.3 is 11.9 Å². The van der Waals surface area contributed by atoms with E-state index < -0.39 is 17.7 Å². The van der Waals surface area contributed by atoms with Gasteiger partial charge in [0.05, 0.1) is 11.6 Å². The standard InChI is InChI=1S/C15H14N2O4/c1-9-4-5-11(6-10(9)7-16)17-8-12-13(18)20-15(2,3)21-14(12)19/h4-6,8,17H,1-3H3. The molecule has 1 fully saturated rings. The number of aryl methyl sites for hydroxylation is 1. The van der Waals surface area contributed by atoms with Gasteiger partial charge in [-0.05, 0) is 24.6 Å². The van der Waals surface area contributed by atoms with Crippen LogP contribution in [0.3, 0.4) is 0 Å². The van der Waals surface area contributed by atoms with E-state index in [-0.39, 0.29) is 5.57 Å². The number of anilines is 1. The summed E-state index contributed by atoms with van der Waals surface area (Å²) in [6.45, 7) is 4.77. The number of carbonyl (C=O) groups excluding carboxylic acids is 2. The second-order valence-corrected chi connectivity index (χ2v) is 5.02. The first kappa shape index (κ1) is 14.6. The summed E-state index contributed by atoms with van der Waals surface area (Å²) in [4.78, 5) is 23.5. The van der Waals surface area contributed by atoms with Gasteiger partial charge in [-0.2, -0.15) is 5.26 Å². The number of nitrogens with one attached hydrogen (secondary N) is 1. The lowest BCUT2D eigenvalue weighted by Crippen LogP contribution is -2.42. The maximum Gasteiger partial charge on any atom is 0.350 e. The van der Waals surface area contributed by atoms with E-state index in [4.69, 9.17) is 14.7 Å². The number of carbonyl (C=O) groups is 2. The van der Waals surface area contributed by atoms with Crippen LogP contribution < -0.4 is 5.32 Å². The molecule has 0 aliphatic carbocycles. The Morgan fingerprint density at radius 3 is 2.43 bits per heavy atom. The fourth-order valence-corrected chi connectivity index (χ4v) is 1.77. The van der Waals surface area contributed by atoms with Crippen LogP contribution in [0.15, 0.2) is 30.0 Å². The molecule has 2 rings (SSSR count). The maximum absolute atomic E-state index is 11.7. The molecule has 1 aromatic carbocycles. The molecular formula is C15H14N2O4. The molecule has 108 valence electrons. The second kappa shape index (κ2) is 5.29. The van der Waals surface area contributed by atoms with E-state index >= 15 is 0 Å². The molecule has 1 aliphatic rings. The number of cyclic esters (lactones) is 2. The molecule has 0 saturated carbocycles. The molecule has 1 aliphatic heterocycles. The van der Waals surface area contributed by atoms with Gasteiger partial charge in [-0.3, -0.25) is 0 Å². The fourth-order valence-electron chi connectivity index (χ4n) is 1.77. The molecule has 21 heavy (non-hydrogen) atoms. The van der Waals surface area contributed by atoms with E-state index in [0.29, 0.717) is 11.3 Å². The quantitative estimate of drug-likeness (QED) is 0.508. The van der Waals surface area contributed by atoms with Gasteiger partial charge in [0.1, 0.15) is 0 Å². The van der Waals surface area contributed by atoms with Crippen molar-refractivity contribution < 1.29 is 19.1 Å². The molecule has 0 atom stereocenters. The number of ether oxygens (including phenoxy) is 2. The van der Waals surface area contributed by atoms with E-state index in [9.17, 15) is 9.59 Å². The molecule has 1 saturated heterocycles. The first-order chi connectivity index (χ1) is 9.82. The van der Waals surface area contributed by atoms with Crippen molar-refractivity contribution in [2.75, 3.05) is 5.32 Å². The van der Waals surface area contributed by atoms with Crippen LogP contribution in [0.5, 0.6) is 0 Å². The summed E-state index contributed by atoms with van der Waals surface area (Å²) in [5.74, 6) is -2.77. The molecule has 6 nitrogen and oxygen atoms in total. The van der Waals surface area contributed by atoms with E-state index in [1.807, 2.05) is 6.92 Å². The Morgan fingerprint density at radius 2 is 1.86 bits per heavy atom. The highest BCUT2D eigenvalue weighted by Gasteiger charge is 2.38. The highest BCUT2D eigenvalue weighted by Crippen LogP contribution is 2.23. The summed E-state index contributed by atoms with van der Waals surface area (Å²) in [5.41, 5.74) is 1.70. The van der Waals surface area contributed by atoms with Crippen LogP contribution in [0, 0.1) is 18.3 Å². The fraction of sp³-hybridized carbons (Fsp3) is 0.267. The zero-order chi connectivity index (χ0) is 15.6. The van der Waals surface area contributed by atoms with Gasteiger partial charge < -0.3 is 14.8 Å². The topological polar surface area (TPSA) is 88.4 Å². The Kier molecular flexibility index (Phi) is 3.68. The van der Waals surface area contributed by atoms with Crippen LogP contribution in [-0.4, -0.2) is 17.7 Å². The van der Waals surface area contributed by atoms with Crippen molar-refractivity contribution in [3.05, 3.63) is 41.1 Å². The Morgan fingerprint density at radius 1 is 1.24 bits per heavy atom. The van der Waals surface area contributed by atoms with Crippen molar-refractivity contribution in [1.82, 2.24) is 0 Å². The summed E-state index contributed by atoms with van der Waals surface area (Å²) < 4.78 is 9.93. The lowest BCUT2D eigenvalue weighted by molar-refractivity contribution is -0.222. The Bertz CT molecular complexity index is 661. The molecule has 0 bridgehead atoms. The Labute approximate surface area is 122 Å². The normalized spacial score (nSPS) is 16.6. The average Bonchev–Trinajstić information content (AvgIpc) is 2.38. The largest absolute Gasteiger partial charge is 0.419 e. The SMILES string of the molecule is Cc1ccc(NC=C2C(=O)OC(C)(C)OC2=O)cc1C#N. The maximum atomic E-state index is 11.7. The van der Waals surface area contributed by atoms with Gasteiger partial charge in [0.25, 0.3) is 5.79 Å². The number of nitriles is 1. The van der Waals surface area contributed by atoms with Crippen molar-refractivity contribution in [1.29, 1.82) is 5.26 Å². The van der Waals surface area contributed by atoms with Gasteiger partial charge in [-0.1, -0.05) is 6.07 Å². The number of rotatable bonds is 2. The molecule has 0 aromatic heterocycles. The third-order valence-electron chi connectivity index (χ3n) is 2.86. The minimum atomic E-state index is -1.26. The van der Waals surface area contributed by atoms with Crippen molar-refractivity contribution in [3.8, 4) is 6.07 Å². The zero-order valence-corrected chi connectivity index (χ0v) is 11.9. The van der Waals surface area contributed by atoms with Crippen LogP contribution in [0.1, 0.15) is 25.0 Å². The molecule has 1 N–H and O–H groups in total. The van der Waals surface area contributed by atoms with Crippen LogP contribution in [-0.2, 0) is 19.1 Å². The summed E-state index contributed by atoms with van der Waals surface area (Å²) in [7, 11) is 0. The highest BCUT2D eigenvalue weighted by molar-refractivity contribution is 6.15. The summed E-state index contributed by atoms with van der Waals surface area (Å²) in [5, 5.41) is 11.7. The van der Waals surface area contributed by atoms with Gasteiger partial charge in [0.2, 0.25) is 0 Å². The lowest BCUT2D eigenvalue weighted by atomic mass is 10.1. The molecule has 1 aromatic rings. The predicted octanol–water partition coefficient (Wildman–Crippen LogP) is 2.00. The summed E-state index contributed by atoms with van der Waals surface area (Å²) in [6, 6.07) is 7.18. The molecular weight excluding hydrogens is 272 g/mol. The van der Waals surface area contributed by atoms with Gasteiger partial charge in [-0.25, -0.2) is 9.59 Å². The van der Waals surface area contributed by atoms with Crippen LogP contribution in [0.2, 0.25) is 0 Å².